The number of rotatable bonds is 5. The Balaban J connectivity index is 2.07. The molecule has 6 nitrogen and oxygen atoms in total. The molecular weight excluding hydrogens is 383 g/mol. The van der Waals surface area contributed by atoms with Crippen molar-refractivity contribution in [2.45, 2.75) is 25.8 Å². The van der Waals surface area contributed by atoms with Crippen LogP contribution in [0.5, 0.6) is 5.88 Å². The number of methoxy groups -OCH3 is 1. The highest BCUT2D eigenvalue weighted by Gasteiger charge is 2.24. The van der Waals surface area contributed by atoms with E-state index >= 15 is 0 Å². The van der Waals surface area contributed by atoms with E-state index in [2.05, 4.69) is 0 Å². The molecule has 3 rings (SSSR count). The Morgan fingerprint density at radius 3 is 2.85 bits per heavy atom. The van der Waals surface area contributed by atoms with Gasteiger partial charge < -0.3 is 19.1 Å². The SMILES string of the molecule is COCCOC(=O)c1cc(-n2c(O)c3n(c2=S)CCCC3)c(F)cc1Cl. The Morgan fingerprint density at radius 2 is 2.15 bits per heavy atom. The molecule has 1 N–H and O–H groups in total. The molecule has 0 fully saturated rings. The number of aromatic nitrogens is 2. The molecule has 2 heterocycles. The number of fused-ring (bicyclic) bond motifs is 1. The van der Waals surface area contributed by atoms with Crippen molar-refractivity contribution in [2.24, 2.45) is 0 Å². The summed E-state index contributed by atoms with van der Waals surface area (Å²) in [7, 11) is 1.48. The van der Waals surface area contributed by atoms with E-state index in [1.54, 1.807) is 4.57 Å². The fraction of sp³-hybridized carbons (Fsp3) is 0.412. The van der Waals surface area contributed by atoms with Crippen molar-refractivity contribution in [2.75, 3.05) is 20.3 Å². The van der Waals surface area contributed by atoms with Crippen LogP contribution in [0.15, 0.2) is 12.1 Å². The number of carbonyl (C=O) groups excluding carboxylic acids is 1. The molecular formula is C17H18ClFN2O4S. The third-order valence-electron chi connectivity index (χ3n) is 4.28. The molecule has 1 aromatic carbocycles. The Morgan fingerprint density at radius 1 is 1.38 bits per heavy atom. The van der Waals surface area contributed by atoms with E-state index in [1.165, 1.54) is 17.7 Å². The van der Waals surface area contributed by atoms with Crippen molar-refractivity contribution in [1.29, 1.82) is 0 Å². The van der Waals surface area contributed by atoms with Crippen molar-refractivity contribution < 1.29 is 23.8 Å². The monoisotopic (exact) mass is 400 g/mol. The van der Waals surface area contributed by atoms with Crippen LogP contribution in [0, 0.1) is 10.6 Å². The van der Waals surface area contributed by atoms with Gasteiger partial charge in [-0.05, 0) is 43.6 Å². The van der Waals surface area contributed by atoms with E-state index in [0.29, 0.717) is 18.7 Å². The van der Waals surface area contributed by atoms with Gasteiger partial charge in [-0.1, -0.05) is 11.6 Å². The minimum Gasteiger partial charge on any atom is -0.493 e. The first-order valence-corrected chi connectivity index (χ1v) is 8.93. The molecule has 0 amide bonds. The number of hydrogen-bond acceptors (Lipinski definition) is 5. The minimum absolute atomic E-state index is 0.00959. The first kappa shape index (κ1) is 18.9. The zero-order chi connectivity index (χ0) is 18.8. The molecule has 1 aromatic heterocycles. The molecule has 1 aliphatic rings. The Bertz CT molecular complexity index is 909. The van der Waals surface area contributed by atoms with Gasteiger partial charge in [0.2, 0.25) is 5.88 Å². The highest BCUT2D eigenvalue weighted by molar-refractivity contribution is 7.71. The van der Waals surface area contributed by atoms with E-state index in [0.717, 1.165) is 18.9 Å². The molecule has 0 spiro atoms. The third kappa shape index (κ3) is 3.36. The Hall–Kier alpha value is -1.90. The average Bonchev–Trinajstić information content (AvgIpc) is 2.87. The number of halogens is 2. The second-order valence-electron chi connectivity index (χ2n) is 5.91. The average molecular weight is 401 g/mol. The van der Waals surface area contributed by atoms with Gasteiger partial charge in [-0.3, -0.25) is 4.57 Å². The zero-order valence-corrected chi connectivity index (χ0v) is 15.7. The van der Waals surface area contributed by atoms with Gasteiger partial charge >= 0.3 is 5.97 Å². The maximum atomic E-state index is 14.6. The van der Waals surface area contributed by atoms with Gasteiger partial charge in [0, 0.05) is 13.7 Å². The standard InChI is InChI=1S/C17H18ClFN2O4S/c1-24-6-7-25-16(23)10-8-14(12(19)9-11(10)18)21-15(22)13-4-2-3-5-20(13)17(21)26/h8-9,22H,2-7H2,1H3. The van der Waals surface area contributed by atoms with Crippen LogP contribution < -0.4 is 0 Å². The lowest BCUT2D eigenvalue weighted by Crippen LogP contribution is -2.12. The summed E-state index contributed by atoms with van der Waals surface area (Å²) < 4.78 is 27.7. The lowest BCUT2D eigenvalue weighted by molar-refractivity contribution is 0.0388. The molecule has 0 bridgehead atoms. The fourth-order valence-electron chi connectivity index (χ4n) is 2.99. The predicted molar refractivity (Wildman–Crippen MR) is 96.3 cm³/mol. The van der Waals surface area contributed by atoms with Gasteiger partial charge in [-0.2, -0.15) is 0 Å². The van der Waals surface area contributed by atoms with E-state index < -0.39 is 11.8 Å². The molecule has 0 unspecified atom stereocenters. The highest BCUT2D eigenvalue weighted by Crippen LogP contribution is 2.32. The lowest BCUT2D eigenvalue weighted by atomic mass is 10.1. The van der Waals surface area contributed by atoms with Crippen molar-refractivity contribution in [3.8, 4) is 11.6 Å². The second kappa shape index (κ2) is 7.77. The summed E-state index contributed by atoms with van der Waals surface area (Å²) in [4.78, 5) is 12.2. The lowest BCUT2D eigenvalue weighted by Gasteiger charge is -2.12. The number of benzene rings is 1. The smallest absolute Gasteiger partial charge is 0.339 e. The normalized spacial score (nSPS) is 13.5. The van der Waals surface area contributed by atoms with Crippen molar-refractivity contribution in [3.05, 3.63) is 39.0 Å². The molecule has 0 radical (unpaired) electrons. The summed E-state index contributed by atoms with van der Waals surface area (Å²) in [6.07, 6.45) is 2.51. The number of nitrogens with zero attached hydrogens (tertiary/aromatic N) is 2. The topological polar surface area (TPSA) is 65.6 Å². The predicted octanol–water partition coefficient (Wildman–Crippen LogP) is 3.65. The zero-order valence-electron chi connectivity index (χ0n) is 14.1. The van der Waals surface area contributed by atoms with Gasteiger partial charge in [0.25, 0.3) is 0 Å². The first-order valence-electron chi connectivity index (χ1n) is 8.14. The summed E-state index contributed by atoms with van der Waals surface area (Å²) in [5.41, 5.74) is 0.613. The minimum atomic E-state index is -0.705. The van der Waals surface area contributed by atoms with E-state index in [1.807, 2.05) is 0 Å². The number of hydrogen-bond donors (Lipinski definition) is 1. The fourth-order valence-corrected chi connectivity index (χ4v) is 3.61. The van der Waals surface area contributed by atoms with Crippen LogP contribution in [-0.2, 0) is 22.4 Å². The van der Waals surface area contributed by atoms with E-state index in [-0.39, 0.29) is 40.1 Å². The van der Waals surface area contributed by atoms with Crippen LogP contribution in [0.2, 0.25) is 5.02 Å². The number of imidazole rings is 1. The maximum absolute atomic E-state index is 14.6. The molecule has 0 saturated carbocycles. The Kier molecular flexibility index (Phi) is 5.64. The van der Waals surface area contributed by atoms with Gasteiger partial charge in [0.15, 0.2) is 4.77 Å². The van der Waals surface area contributed by atoms with Crippen LogP contribution >= 0.6 is 23.8 Å². The molecule has 0 saturated heterocycles. The summed E-state index contributed by atoms with van der Waals surface area (Å²) in [6, 6.07) is 2.26. The quantitative estimate of drug-likeness (QED) is 0.471. The van der Waals surface area contributed by atoms with Crippen LogP contribution in [0.4, 0.5) is 4.39 Å². The first-order chi connectivity index (χ1) is 12.5. The van der Waals surface area contributed by atoms with Crippen LogP contribution in [0.25, 0.3) is 5.69 Å². The molecule has 2 aromatic rings. The maximum Gasteiger partial charge on any atom is 0.339 e. The molecule has 0 aliphatic carbocycles. The third-order valence-corrected chi connectivity index (χ3v) is 5.00. The van der Waals surface area contributed by atoms with Crippen LogP contribution in [0.3, 0.4) is 0 Å². The van der Waals surface area contributed by atoms with Crippen LogP contribution in [0.1, 0.15) is 28.9 Å². The number of aromatic hydroxyl groups is 1. The number of carbonyl (C=O) groups is 1. The summed E-state index contributed by atoms with van der Waals surface area (Å²) >= 11 is 11.4. The Labute approximate surface area is 159 Å². The van der Waals surface area contributed by atoms with Crippen molar-refractivity contribution in [3.63, 3.8) is 0 Å². The molecule has 1 aliphatic heterocycles. The van der Waals surface area contributed by atoms with Crippen molar-refractivity contribution >= 4 is 29.8 Å². The van der Waals surface area contributed by atoms with Crippen LogP contribution in [-0.4, -0.2) is 40.5 Å². The van der Waals surface area contributed by atoms with Gasteiger partial charge in [-0.25, -0.2) is 9.18 Å². The van der Waals surface area contributed by atoms with E-state index in [9.17, 15) is 14.3 Å². The second-order valence-corrected chi connectivity index (χ2v) is 6.68. The van der Waals surface area contributed by atoms with E-state index in [4.69, 9.17) is 33.3 Å². The highest BCUT2D eigenvalue weighted by atomic mass is 35.5. The molecule has 9 heteroatoms. The molecule has 0 atom stereocenters. The van der Waals surface area contributed by atoms with Crippen molar-refractivity contribution in [1.82, 2.24) is 9.13 Å². The van der Waals surface area contributed by atoms with Gasteiger partial charge in [0.1, 0.15) is 12.4 Å². The largest absolute Gasteiger partial charge is 0.493 e. The summed E-state index contributed by atoms with van der Waals surface area (Å²) in [5.74, 6) is -1.52. The molecule has 26 heavy (non-hydrogen) atoms. The van der Waals surface area contributed by atoms with Gasteiger partial charge in [0.05, 0.1) is 28.6 Å². The summed E-state index contributed by atoms with van der Waals surface area (Å²) in [5, 5.41) is 10.5. The number of ether oxygens (including phenoxy) is 2. The molecule has 140 valence electrons. The summed E-state index contributed by atoms with van der Waals surface area (Å²) in [6.45, 7) is 0.939. The number of esters is 1. The van der Waals surface area contributed by atoms with Gasteiger partial charge in [-0.15, -0.1) is 0 Å².